The van der Waals surface area contributed by atoms with E-state index in [4.69, 9.17) is 16.2 Å². The highest BCUT2D eigenvalue weighted by Gasteiger charge is 2.29. The lowest BCUT2D eigenvalue weighted by Crippen LogP contribution is -2.35. The number of benzene rings is 1. The number of nitrogens with one attached hydrogen (secondary N) is 1. The van der Waals surface area contributed by atoms with E-state index in [1.165, 1.54) is 17.5 Å². The third-order valence-corrected chi connectivity index (χ3v) is 5.31. The fraction of sp³-hybridized carbons (Fsp3) is 0.474. The number of nitrogen functional groups attached to an aromatic ring is 1. The number of fused-ring (bicyclic) bond motifs is 1. The maximum absolute atomic E-state index is 5.89. The number of aromatic nitrogens is 2. The Bertz CT molecular complexity index is 786. The van der Waals surface area contributed by atoms with E-state index in [9.17, 15) is 0 Å². The monoisotopic (exact) mass is 339 g/mol. The van der Waals surface area contributed by atoms with Crippen molar-refractivity contribution in [1.82, 2.24) is 9.97 Å². The molecular weight excluding hydrogens is 314 g/mol. The van der Waals surface area contributed by atoms with E-state index in [1.54, 1.807) is 7.11 Å². The number of aryl methyl sites for hydroxylation is 2. The lowest BCUT2D eigenvalue weighted by atomic mass is 9.78. The minimum atomic E-state index is 0.285. The standard InChI is InChI=1S/C19H25N5O/c1-25-17-8-12-4-2-3-11(12)5-14(17)10-22-18-9-16(23-19(21)24-18)13-6-15(20)7-13/h5,8-9,13,15H,2-4,6-7,10,20H2,1H3,(H3,21,22,23,24). The van der Waals surface area contributed by atoms with Crippen LogP contribution in [0.25, 0.3) is 0 Å². The Balaban J connectivity index is 1.52. The van der Waals surface area contributed by atoms with Crippen molar-refractivity contribution in [2.24, 2.45) is 5.73 Å². The predicted molar refractivity (Wildman–Crippen MR) is 98.7 cm³/mol. The fourth-order valence-electron chi connectivity index (χ4n) is 3.85. The maximum atomic E-state index is 5.89. The predicted octanol–water partition coefficient (Wildman–Crippen LogP) is 2.37. The van der Waals surface area contributed by atoms with E-state index in [0.717, 1.165) is 48.5 Å². The first kappa shape index (κ1) is 16.1. The van der Waals surface area contributed by atoms with Gasteiger partial charge in [-0.05, 0) is 49.3 Å². The lowest BCUT2D eigenvalue weighted by Gasteiger charge is -2.32. The van der Waals surface area contributed by atoms with Gasteiger partial charge in [0.15, 0.2) is 0 Å². The Morgan fingerprint density at radius 3 is 2.64 bits per heavy atom. The zero-order valence-corrected chi connectivity index (χ0v) is 14.6. The SMILES string of the molecule is COc1cc2c(cc1CNc1cc(C3CC(N)C3)nc(N)n1)CCC2. The molecule has 25 heavy (non-hydrogen) atoms. The van der Waals surface area contributed by atoms with Gasteiger partial charge in [0.1, 0.15) is 11.6 Å². The molecule has 0 bridgehead atoms. The molecule has 0 atom stereocenters. The number of methoxy groups -OCH3 is 1. The molecule has 0 amide bonds. The Morgan fingerprint density at radius 2 is 1.92 bits per heavy atom. The van der Waals surface area contributed by atoms with Crippen LogP contribution < -0.4 is 21.5 Å². The zero-order valence-electron chi connectivity index (χ0n) is 14.6. The minimum Gasteiger partial charge on any atom is -0.496 e. The molecule has 0 saturated heterocycles. The highest BCUT2D eigenvalue weighted by atomic mass is 16.5. The normalized spacial score (nSPS) is 21.5. The van der Waals surface area contributed by atoms with Gasteiger partial charge in [-0.1, -0.05) is 6.07 Å². The molecule has 6 heteroatoms. The molecule has 6 nitrogen and oxygen atoms in total. The van der Waals surface area contributed by atoms with Gasteiger partial charge in [0.25, 0.3) is 0 Å². The van der Waals surface area contributed by atoms with Gasteiger partial charge >= 0.3 is 0 Å². The molecule has 1 heterocycles. The molecule has 5 N–H and O–H groups in total. The van der Waals surface area contributed by atoms with Crippen LogP contribution in [0.2, 0.25) is 0 Å². The van der Waals surface area contributed by atoms with Gasteiger partial charge in [-0.2, -0.15) is 4.98 Å². The number of nitrogens with two attached hydrogens (primary N) is 2. The van der Waals surface area contributed by atoms with E-state index < -0.39 is 0 Å². The Labute approximate surface area is 148 Å². The van der Waals surface area contributed by atoms with Crippen LogP contribution in [0, 0.1) is 0 Å². The first-order chi connectivity index (χ1) is 12.1. The van der Waals surface area contributed by atoms with Crippen molar-refractivity contribution in [3.05, 3.63) is 40.6 Å². The van der Waals surface area contributed by atoms with Crippen LogP contribution in [0.1, 0.15) is 47.6 Å². The summed E-state index contributed by atoms with van der Waals surface area (Å²) in [4.78, 5) is 8.69. The molecule has 0 spiro atoms. The Hall–Kier alpha value is -2.34. The fourth-order valence-corrected chi connectivity index (χ4v) is 3.85. The van der Waals surface area contributed by atoms with Crippen molar-refractivity contribution in [3.8, 4) is 5.75 Å². The topological polar surface area (TPSA) is 99.1 Å². The molecule has 4 rings (SSSR count). The molecule has 2 aliphatic rings. The number of nitrogens with zero attached hydrogens (tertiary/aromatic N) is 2. The van der Waals surface area contributed by atoms with Crippen molar-refractivity contribution >= 4 is 11.8 Å². The third-order valence-electron chi connectivity index (χ3n) is 5.31. The summed E-state index contributed by atoms with van der Waals surface area (Å²) in [5.74, 6) is 2.39. The van der Waals surface area contributed by atoms with E-state index in [2.05, 4.69) is 27.4 Å². The second-order valence-corrected chi connectivity index (χ2v) is 7.10. The molecule has 1 aromatic heterocycles. The van der Waals surface area contributed by atoms with Crippen molar-refractivity contribution in [2.75, 3.05) is 18.2 Å². The molecule has 1 saturated carbocycles. The first-order valence-electron chi connectivity index (χ1n) is 8.95. The van der Waals surface area contributed by atoms with Crippen LogP contribution in [0.5, 0.6) is 5.75 Å². The van der Waals surface area contributed by atoms with Crippen molar-refractivity contribution in [2.45, 2.75) is 50.6 Å². The molecule has 2 aromatic rings. The highest BCUT2D eigenvalue weighted by molar-refractivity contribution is 5.48. The smallest absolute Gasteiger partial charge is 0.222 e. The second kappa shape index (κ2) is 6.52. The molecule has 0 aliphatic heterocycles. The quantitative estimate of drug-likeness (QED) is 0.773. The number of rotatable bonds is 5. The van der Waals surface area contributed by atoms with Gasteiger partial charge in [-0.3, -0.25) is 0 Å². The molecule has 0 radical (unpaired) electrons. The summed E-state index contributed by atoms with van der Waals surface area (Å²) >= 11 is 0. The highest BCUT2D eigenvalue weighted by Crippen LogP contribution is 2.35. The molecule has 1 aromatic carbocycles. The van der Waals surface area contributed by atoms with E-state index in [1.807, 2.05) is 6.07 Å². The maximum Gasteiger partial charge on any atom is 0.222 e. The van der Waals surface area contributed by atoms with Crippen molar-refractivity contribution in [1.29, 1.82) is 0 Å². The average Bonchev–Trinajstić information content (AvgIpc) is 3.03. The summed E-state index contributed by atoms with van der Waals surface area (Å²) in [7, 11) is 1.72. The summed E-state index contributed by atoms with van der Waals surface area (Å²) in [5, 5.41) is 3.38. The second-order valence-electron chi connectivity index (χ2n) is 7.10. The lowest BCUT2D eigenvalue weighted by molar-refractivity contribution is 0.345. The summed E-state index contributed by atoms with van der Waals surface area (Å²) in [5.41, 5.74) is 16.8. The van der Waals surface area contributed by atoms with Gasteiger partial charge in [0, 0.05) is 30.1 Å². The minimum absolute atomic E-state index is 0.285. The summed E-state index contributed by atoms with van der Waals surface area (Å²) in [6.45, 7) is 0.649. The average molecular weight is 339 g/mol. The molecule has 1 fully saturated rings. The molecule has 2 aliphatic carbocycles. The van der Waals surface area contributed by atoms with Crippen LogP contribution in [-0.2, 0) is 19.4 Å². The first-order valence-corrected chi connectivity index (χ1v) is 8.95. The van der Waals surface area contributed by atoms with E-state index in [0.29, 0.717) is 18.4 Å². The van der Waals surface area contributed by atoms with Crippen LogP contribution in [0.15, 0.2) is 18.2 Å². The Morgan fingerprint density at radius 1 is 1.16 bits per heavy atom. The number of anilines is 2. The van der Waals surface area contributed by atoms with Crippen LogP contribution in [0.3, 0.4) is 0 Å². The summed E-state index contributed by atoms with van der Waals surface area (Å²) in [6, 6.07) is 6.71. The zero-order chi connectivity index (χ0) is 17.4. The van der Waals surface area contributed by atoms with Crippen molar-refractivity contribution in [3.63, 3.8) is 0 Å². The third kappa shape index (κ3) is 3.26. The molecule has 132 valence electrons. The van der Waals surface area contributed by atoms with Crippen LogP contribution in [-0.4, -0.2) is 23.1 Å². The Kier molecular flexibility index (Phi) is 4.21. The van der Waals surface area contributed by atoms with Gasteiger partial charge < -0.3 is 21.5 Å². The van der Waals surface area contributed by atoms with Crippen molar-refractivity contribution < 1.29 is 4.74 Å². The number of ether oxygens (including phenoxy) is 1. The molecular formula is C19H25N5O. The number of hydrogen-bond donors (Lipinski definition) is 3. The molecule has 0 unspecified atom stereocenters. The van der Waals surface area contributed by atoms with Gasteiger partial charge in [0.05, 0.1) is 12.8 Å². The van der Waals surface area contributed by atoms with Gasteiger partial charge in [-0.15, -0.1) is 0 Å². The van der Waals surface area contributed by atoms with Gasteiger partial charge in [0.2, 0.25) is 5.95 Å². The number of hydrogen-bond acceptors (Lipinski definition) is 6. The van der Waals surface area contributed by atoms with Crippen LogP contribution in [0.4, 0.5) is 11.8 Å². The van der Waals surface area contributed by atoms with Gasteiger partial charge in [-0.25, -0.2) is 4.98 Å². The largest absolute Gasteiger partial charge is 0.496 e. The summed E-state index contributed by atoms with van der Waals surface area (Å²) in [6.07, 6.45) is 5.46. The van der Waals surface area contributed by atoms with E-state index >= 15 is 0 Å². The van der Waals surface area contributed by atoms with Crippen LogP contribution >= 0.6 is 0 Å². The van der Waals surface area contributed by atoms with E-state index in [-0.39, 0.29) is 6.04 Å². The summed E-state index contributed by atoms with van der Waals surface area (Å²) < 4.78 is 5.57.